The molecule has 3 aromatic rings. The molecule has 3 rings (SSSR count). The smallest absolute Gasteiger partial charge is 0.236 e. The van der Waals surface area contributed by atoms with Crippen molar-refractivity contribution >= 4 is 28.6 Å². The van der Waals surface area contributed by atoms with E-state index in [0.717, 1.165) is 22.0 Å². The molecule has 0 aliphatic carbocycles. The highest BCUT2D eigenvalue weighted by atomic mass is 35.5. The zero-order chi connectivity index (χ0) is 14.8. The van der Waals surface area contributed by atoms with Crippen LogP contribution in [-0.4, -0.2) is 4.98 Å². The Balaban J connectivity index is 1.74. The van der Waals surface area contributed by atoms with E-state index in [-0.39, 0.29) is 5.02 Å². The summed E-state index contributed by atoms with van der Waals surface area (Å²) in [5, 5.41) is 5.23. The van der Waals surface area contributed by atoms with Gasteiger partial charge in [-0.3, -0.25) is 0 Å². The Hall–Kier alpha value is -1.85. The molecule has 0 bridgehead atoms. The average molecular weight is 323 g/mol. The summed E-state index contributed by atoms with van der Waals surface area (Å²) >= 11 is 7.33. The summed E-state index contributed by atoms with van der Waals surface area (Å²) in [5.74, 6) is 0.954. The van der Waals surface area contributed by atoms with Crippen LogP contribution in [0, 0.1) is 12.7 Å². The molecule has 0 unspecified atom stereocenters. The molecule has 1 N–H and O–H groups in total. The van der Waals surface area contributed by atoms with Gasteiger partial charge in [0.25, 0.3) is 0 Å². The van der Waals surface area contributed by atoms with Gasteiger partial charge in [-0.1, -0.05) is 17.7 Å². The van der Waals surface area contributed by atoms with E-state index in [4.69, 9.17) is 16.0 Å². The maximum atomic E-state index is 13.1. The van der Waals surface area contributed by atoms with Gasteiger partial charge in [0.05, 0.1) is 16.4 Å². The van der Waals surface area contributed by atoms with Crippen molar-refractivity contribution in [1.29, 1.82) is 0 Å². The molecule has 3 nitrogen and oxygen atoms in total. The van der Waals surface area contributed by atoms with Crippen molar-refractivity contribution in [2.24, 2.45) is 0 Å². The van der Waals surface area contributed by atoms with Crippen LogP contribution in [0.3, 0.4) is 0 Å². The van der Waals surface area contributed by atoms with Crippen molar-refractivity contribution in [3.8, 4) is 10.8 Å². The van der Waals surface area contributed by atoms with Gasteiger partial charge in [-0.2, -0.15) is 0 Å². The highest BCUT2D eigenvalue weighted by Gasteiger charge is 2.12. The lowest BCUT2D eigenvalue weighted by atomic mass is 10.3. The number of nitrogens with one attached hydrogen (secondary N) is 1. The molecule has 2 heterocycles. The van der Waals surface area contributed by atoms with Gasteiger partial charge in [-0.15, -0.1) is 11.3 Å². The number of rotatable bonds is 4. The van der Waals surface area contributed by atoms with Gasteiger partial charge in [0.15, 0.2) is 0 Å². The number of oxazole rings is 1. The first kappa shape index (κ1) is 14.1. The molecule has 0 aliphatic heterocycles. The standard InChI is InChI=1S/C15H12ClFN2OS/c1-9-13(19-15(20-9)14-3-2-6-21-14)8-18-10-4-5-12(17)11(16)7-10/h2-7,18H,8H2,1H3. The first-order valence-corrected chi connectivity index (χ1v) is 7.58. The van der Waals surface area contributed by atoms with Crippen LogP contribution in [0.15, 0.2) is 40.1 Å². The minimum Gasteiger partial charge on any atom is -0.440 e. The molecule has 0 spiro atoms. The molecule has 2 aromatic heterocycles. The largest absolute Gasteiger partial charge is 0.440 e. The summed E-state index contributed by atoms with van der Waals surface area (Å²) in [7, 11) is 0. The molecule has 108 valence electrons. The number of benzene rings is 1. The van der Waals surface area contributed by atoms with Crippen LogP contribution in [0.5, 0.6) is 0 Å². The van der Waals surface area contributed by atoms with E-state index in [1.54, 1.807) is 23.5 Å². The fraction of sp³-hybridized carbons (Fsp3) is 0.133. The van der Waals surface area contributed by atoms with Crippen molar-refractivity contribution < 1.29 is 8.81 Å². The molecule has 0 saturated carbocycles. The predicted octanol–water partition coefficient (Wildman–Crippen LogP) is 5.12. The second-order valence-electron chi connectivity index (χ2n) is 4.48. The van der Waals surface area contributed by atoms with Crippen molar-refractivity contribution in [2.45, 2.75) is 13.5 Å². The Morgan fingerprint density at radius 3 is 2.95 bits per heavy atom. The van der Waals surface area contributed by atoms with Crippen LogP contribution < -0.4 is 5.32 Å². The third kappa shape index (κ3) is 3.09. The van der Waals surface area contributed by atoms with Crippen molar-refractivity contribution in [2.75, 3.05) is 5.32 Å². The van der Waals surface area contributed by atoms with Crippen molar-refractivity contribution in [3.63, 3.8) is 0 Å². The zero-order valence-electron chi connectivity index (χ0n) is 11.2. The number of thiophene rings is 1. The summed E-state index contributed by atoms with van der Waals surface area (Å²) in [6.07, 6.45) is 0. The van der Waals surface area contributed by atoms with E-state index in [9.17, 15) is 4.39 Å². The fourth-order valence-electron chi connectivity index (χ4n) is 1.89. The molecular weight excluding hydrogens is 311 g/mol. The maximum absolute atomic E-state index is 13.1. The number of halogens is 2. The molecule has 0 saturated heterocycles. The lowest BCUT2D eigenvalue weighted by molar-refractivity contribution is 0.541. The molecule has 0 radical (unpaired) electrons. The number of aryl methyl sites for hydroxylation is 1. The van der Waals surface area contributed by atoms with Gasteiger partial charge < -0.3 is 9.73 Å². The number of hydrogen-bond donors (Lipinski definition) is 1. The quantitative estimate of drug-likeness (QED) is 0.724. The van der Waals surface area contributed by atoms with E-state index in [0.29, 0.717) is 12.4 Å². The van der Waals surface area contributed by atoms with Gasteiger partial charge >= 0.3 is 0 Å². The van der Waals surface area contributed by atoms with E-state index in [1.807, 2.05) is 24.4 Å². The lowest BCUT2D eigenvalue weighted by Gasteiger charge is -2.05. The summed E-state index contributed by atoms with van der Waals surface area (Å²) in [4.78, 5) is 5.48. The number of hydrogen-bond acceptors (Lipinski definition) is 4. The molecule has 1 aromatic carbocycles. The van der Waals surface area contributed by atoms with E-state index < -0.39 is 5.82 Å². The minimum atomic E-state index is -0.431. The topological polar surface area (TPSA) is 38.1 Å². The minimum absolute atomic E-state index is 0.0937. The summed E-state index contributed by atoms with van der Waals surface area (Å²) in [6.45, 7) is 2.36. The second-order valence-corrected chi connectivity index (χ2v) is 5.84. The summed E-state index contributed by atoms with van der Waals surface area (Å²) in [6, 6.07) is 8.44. The Bertz CT molecular complexity index is 755. The second kappa shape index (κ2) is 5.87. The maximum Gasteiger partial charge on any atom is 0.236 e. The van der Waals surface area contributed by atoms with E-state index in [1.165, 1.54) is 6.07 Å². The SMILES string of the molecule is Cc1oc(-c2cccs2)nc1CNc1ccc(F)c(Cl)c1. The monoisotopic (exact) mass is 322 g/mol. The first-order chi connectivity index (χ1) is 10.1. The molecule has 21 heavy (non-hydrogen) atoms. The van der Waals surface area contributed by atoms with Crippen molar-refractivity contribution in [1.82, 2.24) is 4.98 Å². The summed E-state index contributed by atoms with van der Waals surface area (Å²) in [5.41, 5.74) is 1.56. The highest BCUT2D eigenvalue weighted by Crippen LogP contribution is 2.26. The van der Waals surface area contributed by atoms with Gasteiger partial charge in [0, 0.05) is 5.69 Å². The van der Waals surface area contributed by atoms with Crippen LogP contribution in [0.25, 0.3) is 10.8 Å². The third-order valence-electron chi connectivity index (χ3n) is 3.00. The number of aromatic nitrogens is 1. The van der Waals surface area contributed by atoms with Gasteiger partial charge in [0.1, 0.15) is 17.3 Å². The number of nitrogens with zero attached hydrogens (tertiary/aromatic N) is 1. The van der Waals surface area contributed by atoms with Gasteiger partial charge in [-0.25, -0.2) is 9.37 Å². The average Bonchev–Trinajstić information content (AvgIpc) is 3.10. The molecule has 0 aliphatic rings. The predicted molar refractivity (Wildman–Crippen MR) is 83.3 cm³/mol. The Labute approximate surface area is 130 Å². The van der Waals surface area contributed by atoms with Gasteiger partial charge in [-0.05, 0) is 36.6 Å². The van der Waals surface area contributed by atoms with E-state index in [2.05, 4.69) is 10.3 Å². The van der Waals surface area contributed by atoms with Crippen LogP contribution in [0.2, 0.25) is 5.02 Å². The normalized spacial score (nSPS) is 10.8. The Kier molecular flexibility index (Phi) is 3.94. The van der Waals surface area contributed by atoms with Crippen LogP contribution in [0.4, 0.5) is 10.1 Å². The fourth-order valence-corrected chi connectivity index (χ4v) is 2.72. The lowest BCUT2D eigenvalue weighted by Crippen LogP contribution is -2.01. The van der Waals surface area contributed by atoms with Gasteiger partial charge in [0.2, 0.25) is 5.89 Å². The summed E-state index contributed by atoms with van der Waals surface area (Å²) < 4.78 is 18.8. The molecule has 6 heteroatoms. The Morgan fingerprint density at radius 2 is 2.24 bits per heavy atom. The molecule has 0 amide bonds. The number of anilines is 1. The first-order valence-electron chi connectivity index (χ1n) is 6.32. The molecule has 0 atom stereocenters. The molecule has 0 fully saturated rings. The van der Waals surface area contributed by atoms with Crippen LogP contribution in [-0.2, 0) is 6.54 Å². The highest BCUT2D eigenvalue weighted by molar-refractivity contribution is 7.13. The van der Waals surface area contributed by atoms with Crippen molar-refractivity contribution in [3.05, 3.63) is 58.0 Å². The van der Waals surface area contributed by atoms with Crippen LogP contribution in [0.1, 0.15) is 11.5 Å². The zero-order valence-corrected chi connectivity index (χ0v) is 12.8. The Morgan fingerprint density at radius 1 is 1.38 bits per heavy atom. The molecular formula is C15H12ClFN2OS. The third-order valence-corrected chi connectivity index (χ3v) is 4.15. The van der Waals surface area contributed by atoms with Crippen LogP contribution >= 0.6 is 22.9 Å². The van der Waals surface area contributed by atoms with E-state index >= 15 is 0 Å².